The third-order valence-electron chi connectivity index (χ3n) is 6.00. The van der Waals surface area contributed by atoms with Gasteiger partial charge in [-0.05, 0) is 47.7 Å². The number of pyridine rings is 1. The van der Waals surface area contributed by atoms with E-state index in [2.05, 4.69) is 37.2 Å². The van der Waals surface area contributed by atoms with Crippen LogP contribution in [0.2, 0.25) is 0 Å². The van der Waals surface area contributed by atoms with Gasteiger partial charge in [0.05, 0.1) is 20.3 Å². The van der Waals surface area contributed by atoms with Crippen molar-refractivity contribution in [3.05, 3.63) is 46.0 Å². The molecule has 0 radical (unpaired) electrons. The summed E-state index contributed by atoms with van der Waals surface area (Å²) in [6.45, 7) is 7.84. The van der Waals surface area contributed by atoms with Gasteiger partial charge in [-0.15, -0.1) is 5.10 Å². The molecule has 4 rings (SSSR count). The zero-order chi connectivity index (χ0) is 22.5. The van der Waals surface area contributed by atoms with E-state index in [-0.39, 0.29) is 11.6 Å². The summed E-state index contributed by atoms with van der Waals surface area (Å²) in [6, 6.07) is 7.22. The quantitative estimate of drug-likeness (QED) is 0.530. The largest absolute Gasteiger partial charge is 0.497 e. The van der Waals surface area contributed by atoms with Gasteiger partial charge in [0.15, 0.2) is 5.82 Å². The molecule has 0 bridgehead atoms. The van der Waals surface area contributed by atoms with Gasteiger partial charge in [-0.3, -0.25) is 9.69 Å². The molecule has 1 aromatic carbocycles. The number of nitrogens with zero attached hydrogens (tertiary/aromatic N) is 6. The molecule has 1 atom stereocenters. The maximum atomic E-state index is 13.2. The first-order chi connectivity index (χ1) is 15.6. The summed E-state index contributed by atoms with van der Waals surface area (Å²) in [5.41, 5.74) is 1.26. The lowest BCUT2D eigenvalue weighted by Gasteiger charge is -2.38. The Bertz CT molecular complexity index is 1090. The molecule has 10 nitrogen and oxygen atoms in total. The fraction of sp³-hybridized carbons (Fsp3) is 0.545. The van der Waals surface area contributed by atoms with Gasteiger partial charge in [-0.25, -0.2) is 4.68 Å². The van der Waals surface area contributed by atoms with Crippen LogP contribution in [-0.2, 0) is 11.3 Å². The van der Waals surface area contributed by atoms with Gasteiger partial charge in [0.1, 0.15) is 11.8 Å². The van der Waals surface area contributed by atoms with E-state index in [4.69, 9.17) is 9.47 Å². The maximum absolute atomic E-state index is 13.2. The Morgan fingerprint density at radius 2 is 1.94 bits per heavy atom. The Hall–Kier alpha value is -2.82. The number of fused-ring (bicyclic) bond motifs is 1. The van der Waals surface area contributed by atoms with Gasteiger partial charge < -0.3 is 19.4 Å². The highest BCUT2D eigenvalue weighted by Gasteiger charge is 2.32. The smallest absolute Gasteiger partial charge is 0.253 e. The summed E-state index contributed by atoms with van der Waals surface area (Å²) in [6.07, 6.45) is 1.13. The number of hydrogen-bond acceptors (Lipinski definition) is 8. The molecule has 1 fully saturated rings. The third kappa shape index (κ3) is 4.67. The van der Waals surface area contributed by atoms with Crippen LogP contribution in [0.4, 0.5) is 0 Å². The van der Waals surface area contributed by atoms with Crippen LogP contribution in [0.1, 0.15) is 30.8 Å². The molecule has 0 aliphatic carbocycles. The van der Waals surface area contributed by atoms with E-state index in [1.165, 1.54) is 0 Å². The zero-order valence-corrected chi connectivity index (χ0v) is 19.0. The molecule has 0 saturated carbocycles. The van der Waals surface area contributed by atoms with E-state index in [1.54, 1.807) is 18.9 Å². The number of tetrazole rings is 1. The Morgan fingerprint density at radius 1 is 1.12 bits per heavy atom. The summed E-state index contributed by atoms with van der Waals surface area (Å²) in [5.74, 6) is 1.39. The van der Waals surface area contributed by atoms with Crippen LogP contribution >= 0.6 is 0 Å². The fourth-order valence-electron chi connectivity index (χ4n) is 4.34. The van der Waals surface area contributed by atoms with Crippen molar-refractivity contribution in [1.29, 1.82) is 0 Å². The van der Waals surface area contributed by atoms with Crippen molar-refractivity contribution in [2.45, 2.75) is 25.9 Å². The van der Waals surface area contributed by atoms with E-state index >= 15 is 0 Å². The molecule has 3 aromatic rings. The molecule has 0 spiro atoms. The van der Waals surface area contributed by atoms with E-state index in [0.717, 1.165) is 55.8 Å². The minimum Gasteiger partial charge on any atom is -0.497 e. The second-order valence-corrected chi connectivity index (χ2v) is 8.04. The molecular formula is C22H31N7O3. The van der Waals surface area contributed by atoms with Crippen LogP contribution in [0.25, 0.3) is 10.9 Å². The van der Waals surface area contributed by atoms with E-state index < -0.39 is 0 Å². The molecule has 1 aliphatic rings. The molecule has 172 valence electrons. The lowest BCUT2D eigenvalue weighted by molar-refractivity contribution is 0.103. The first-order valence-corrected chi connectivity index (χ1v) is 11.1. The lowest BCUT2D eigenvalue weighted by Crippen LogP contribution is -2.49. The topological polar surface area (TPSA) is 101 Å². The van der Waals surface area contributed by atoms with E-state index in [0.29, 0.717) is 24.5 Å². The molecule has 1 unspecified atom stereocenters. The maximum Gasteiger partial charge on any atom is 0.253 e. The van der Waals surface area contributed by atoms with Crippen LogP contribution in [-0.4, -0.2) is 88.5 Å². The minimum atomic E-state index is -0.356. The van der Waals surface area contributed by atoms with Crippen LogP contribution in [0.15, 0.2) is 29.1 Å². The van der Waals surface area contributed by atoms with E-state index in [9.17, 15) is 4.79 Å². The zero-order valence-electron chi connectivity index (χ0n) is 19.0. The lowest BCUT2D eigenvalue weighted by atomic mass is 10.0. The number of aromatic amines is 1. The molecule has 32 heavy (non-hydrogen) atoms. The van der Waals surface area contributed by atoms with Crippen molar-refractivity contribution in [2.24, 2.45) is 0 Å². The number of hydrogen-bond donors (Lipinski definition) is 1. The number of ether oxygens (including phenoxy) is 2. The average Bonchev–Trinajstić information content (AvgIpc) is 3.27. The Balaban J connectivity index is 1.77. The molecule has 1 N–H and O–H groups in total. The molecular weight excluding hydrogens is 410 g/mol. The average molecular weight is 442 g/mol. The van der Waals surface area contributed by atoms with Crippen LogP contribution in [0.5, 0.6) is 5.75 Å². The third-order valence-corrected chi connectivity index (χ3v) is 6.00. The normalized spacial score (nSPS) is 16.5. The van der Waals surface area contributed by atoms with Gasteiger partial charge in [0.2, 0.25) is 0 Å². The van der Waals surface area contributed by atoms with Crippen LogP contribution < -0.4 is 10.3 Å². The van der Waals surface area contributed by atoms with Gasteiger partial charge in [0, 0.05) is 49.8 Å². The highest BCUT2D eigenvalue weighted by molar-refractivity contribution is 5.80. The van der Waals surface area contributed by atoms with Gasteiger partial charge >= 0.3 is 0 Å². The second-order valence-electron chi connectivity index (χ2n) is 8.04. The number of benzene rings is 1. The molecule has 1 aliphatic heterocycles. The van der Waals surface area contributed by atoms with Crippen molar-refractivity contribution in [3.63, 3.8) is 0 Å². The fourth-order valence-corrected chi connectivity index (χ4v) is 4.34. The number of aromatic nitrogens is 5. The monoisotopic (exact) mass is 441 g/mol. The summed E-state index contributed by atoms with van der Waals surface area (Å²) < 4.78 is 12.3. The summed E-state index contributed by atoms with van der Waals surface area (Å²) in [7, 11) is 3.28. The highest BCUT2D eigenvalue weighted by atomic mass is 16.5. The van der Waals surface area contributed by atoms with Gasteiger partial charge in [-0.2, -0.15) is 0 Å². The van der Waals surface area contributed by atoms with Crippen molar-refractivity contribution in [2.75, 3.05) is 53.6 Å². The predicted molar refractivity (Wildman–Crippen MR) is 121 cm³/mol. The molecule has 2 aromatic heterocycles. The first kappa shape index (κ1) is 22.4. The van der Waals surface area contributed by atoms with E-state index in [1.807, 2.05) is 24.3 Å². The molecule has 10 heteroatoms. The summed E-state index contributed by atoms with van der Waals surface area (Å²) in [5, 5.41) is 13.3. The van der Waals surface area contributed by atoms with Crippen molar-refractivity contribution in [1.82, 2.24) is 35.0 Å². The SMILES string of the molecule is CCCN1CCN(C(c2cc3cc(OC)ccc3[nH]c2=O)c2nnnn2CCOC)CC1. The number of methoxy groups -OCH3 is 2. The summed E-state index contributed by atoms with van der Waals surface area (Å²) in [4.78, 5) is 21.0. The van der Waals surface area contributed by atoms with Gasteiger partial charge in [-0.1, -0.05) is 6.92 Å². The number of H-pyrrole nitrogens is 1. The van der Waals surface area contributed by atoms with Crippen LogP contribution in [0.3, 0.4) is 0 Å². The number of nitrogens with one attached hydrogen (secondary N) is 1. The van der Waals surface area contributed by atoms with Crippen LogP contribution in [0, 0.1) is 0 Å². The van der Waals surface area contributed by atoms with Crippen molar-refractivity contribution >= 4 is 10.9 Å². The Labute approximate surface area is 187 Å². The minimum absolute atomic E-state index is 0.134. The second kappa shape index (κ2) is 10.2. The van der Waals surface area contributed by atoms with Gasteiger partial charge in [0.25, 0.3) is 5.56 Å². The number of rotatable bonds is 9. The summed E-state index contributed by atoms with van der Waals surface area (Å²) >= 11 is 0. The molecule has 0 amide bonds. The number of piperazine rings is 1. The Morgan fingerprint density at radius 3 is 2.66 bits per heavy atom. The molecule has 3 heterocycles. The first-order valence-electron chi connectivity index (χ1n) is 11.1. The Kier molecular flexibility index (Phi) is 7.13. The highest BCUT2D eigenvalue weighted by Crippen LogP contribution is 2.28. The predicted octanol–water partition coefficient (Wildman–Crippen LogP) is 1.29. The van der Waals surface area contributed by atoms with Crippen molar-refractivity contribution in [3.8, 4) is 5.75 Å². The van der Waals surface area contributed by atoms with Crippen molar-refractivity contribution < 1.29 is 9.47 Å². The molecule has 1 saturated heterocycles. The standard InChI is InChI=1S/C22H31N7O3/c1-4-7-27-8-10-28(11-9-27)20(21-24-25-26-29(21)12-13-31-2)18-15-16-14-17(32-3)5-6-19(16)23-22(18)30/h5-6,14-15,20H,4,7-13H2,1-3H3,(H,23,30).